The highest BCUT2D eigenvalue weighted by Crippen LogP contribution is 2.42. The minimum absolute atomic E-state index is 0.275. The van der Waals surface area contributed by atoms with Gasteiger partial charge in [0.05, 0.1) is 0 Å². The average Bonchev–Trinajstić information content (AvgIpc) is 3.01. The third-order valence-electron chi connectivity index (χ3n) is 3.77. The first-order chi connectivity index (χ1) is 11.5. The number of hydrogen-bond acceptors (Lipinski definition) is 3. The summed E-state index contributed by atoms with van der Waals surface area (Å²) in [6.07, 6.45) is 0. The summed E-state index contributed by atoms with van der Waals surface area (Å²) in [5.74, 6) is -1.56. The van der Waals surface area contributed by atoms with Gasteiger partial charge >= 0.3 is 5.97 Å². The summed E-state index contributed by atoms with van der Waals surface area (Å²) in [5, 5.41) is 9.46. The molecule has 1 heterocycles. The Morgan fingerprint density at radius 3 is 2.33 bits per heavy atom. The van der Waals surface area contributed by atoms with Crippen LogP contribution in [-0.2, 0) is 4.79 Å². The smallest absolute Gasteiger partial charge is 0.327 e. The van der Waals surface area contributed by atoms with Gasteiger partial charge in [-0.25, -0.2) is 9.18 Å². The van der Waals surface area contributed by atoms with Gasteiger partial charge in [0, 0.05) is 16.3 Å². The Morgan fingerprint density at radius 1 is 1.12 bits per heavy atom. The van der Waals surface area contributed by atoms with Crippen molar-refractivity contribution in [3.63, 3.8) is 0 Å². The van der Waals surface area contributed by atoms with Gasteiger partial charge in [0.15, 0.2) is 0 Å². The molecule has 0 unspecified atom stereocenters. The Balaban J connectivity index is 1.97. The second-order valence-electron chi connectivity index (χ2n) is 5.31. The summed E-state index contributed by atoms with van der Waals surface area (Å²) < 4.78 is 13.1. The Hall–Kier alpha value is -2.05. The number of halogens is 2. The van der Waals surface area contributed by atoms with Crippen LogP contribution in [0.2, 0.25) is 5.02 Å². The third kappa shape index (κ3) is 3.25. The summed E-state index contributed by atoms with van der Waals surface area (Å²) in [4.78, 5) is 25.7. The van der Waals surface area contributed by atoms with Crippen LogP contribution in [-0.4, -0.2) is 33.7 Å². The van der Waals surface area contributed by atoms with Gasteiger partial charge in [0.1, 0.15) is 17.2 Å². The summed E-state index contributed by atoms with van der Waals surface area (Å²) in [6.45, 7) is 0. The van der Waals surface area contributed by atoms with Crippen molar-refractivity contribution in [1.82, 2.24) is 4.90 Å². The molecule has 0 bridgehead atoms. The van der Waals surface area contributed by atoms with Gasteiger partial charge in [-0.1, -0.05) is 23.7 Å². The number of carbonyl (C=O) groups is 2. The maximum absolute atomic E-state index is 13.1. The van der Waals surface area contributed by atoms with Crippen LogP contribution in [0.25, 0.3) is 0 Å². The number of aliphatic carboxylic acids is 1. The number of benzene rings is 2. The first-order valence-corrected chi connectivity index (χ1v) is 8.58. The fourth-order valence-electron chi connectivity index (χ4n) is 2.57. The first-order valence-electron chi connectivity index (χ1n) is 7.15. The van der Waals surface area contributed by atoms with Crippen LogP contribution in [0, 0.1) is 5.82 Å². The van der Waals surface area contributed by atoms with Crippen LogP contribution in [0.1, 0.15) is 21.3 Å². The second kappa shape index (κ2) is 6.83. The summed E-state index contributed by atoms with van der Waals surface area (Å²) >= 11 is 7.18. The predicted octanol–water partition coefficient (Wildman–Crippen LogP) is 3.82. The zero-order valence-electron chi connectivity index (χ0n) is 12.4. The third-order valence-corrected chi connectivity index (χ3v) is 5.34. The standard InChI is InChI=1S/C17H13ClFNO3S/c18-12-5-1-10(2-6-12)15(21)20-14(17(22)23)9-24-16(20)11-3-7-13(19)8-4-11/h1-8,14,16H,9H2,(H,22,23)/t14-,16+/m0/s1. The molecule has 1 N–H and O–H groups in total. The highest BCUT2D eigenvalue weighted by Gasteiger charge is 2.42. The van der Waals surface area contributed by atoms with E-state index in [-0.39, 0.29) is 11.6 Å². The van der Waals surface area contributed by atoms with E-state index in [2.05, 4.69) is 0 Å². The van der Waals surface area contributed by atoms with Crippen molar-refractivity contribution in [3.8, 4) is 0 Å². The van der Waals surface area contributed by atoms with Crippen molar-refractivity contribution in [3.05, 3.63) is 70.5 Å². The van der Waals surface area contributed by atoms with Crippen molar-refractivity contribution in [2.45, 2.75) is 11.4 Å². The van der Waals surface area contributed by atoms with Crippen LogP contribution in [0.15, 0.2) is 48.5 Å². The van der Waals surface area contributed by atoms with Gasteiger partial charge in [-0.3, -0.25) is 4.79 Å². The second-order valence-corrected chi connectivity index (χ2v) is 6.86. The van der Waals surface area contributed by atoms with E-state index in [9.17, 15) is 19.1 Å². The summed E-state index contributed by atoms with van der Waals surface area (Å²) in [7, 11) is 0. The zero-order chi connectivity index (χ0) is 17.3. The Bertz CT molecular complexity index is 766. The molecule has 0 spiro atoms. The van der Waals surface area contributed by atoms with E-state index in [1.807, 2.05) is 0 Å². The topological polar surface area (TPSA) is 57.6 Å². The number of carboxylic acid groups (broad SMARTS) is 1. The Morgan fingerprint density at radius 2 is 1.75 bits per heavy atom. The number of carboxylic acids is 1. The lowest BCUT2D eigenvalue weighted by Gasteiger charge is -2.27. The fraction of sp³-hybridized carbons (Fsp3) is 0.176. The molecule has 2 aromatic rings. The van der Waals surface area contributed by atoms with E-state index >= 15 is 0 Å². The van der Waals surface area contributed by atoms with E-state index in [1.165, 1.54) is 28.8 Å². The lowest BCUT2D eigenvalue weighted by molar-refractivity contribution is -0.141. The number of hydrogen-bond donors (Lipinski definition) is 1. The molecule has 2 aromatic carbocycles. The minimum Gasteiger partial charge on any atom is -0.480 e. The molecule has 1 aliphatic rings. The van der Waals surface area contributed by atoms with Crippen molar-refractivity contribution in [1.29, 1.82) is 0 Å². The van der Waals surface area contributed by atoms with E-state index in [0.29, 0.717) is 16.1 Å². The van der Waals surface area contributed by atoms with Gasteiger partial charge in [-0.2, -0.15) is 0 Å². The molecule has 124 valence electrons. The molecule has 1 aliphatic heterocycles. The van der Waals surface area contributed by atoms with Crippen molar-refractivity contribution < 1.29 is 19.1 Å². The maximum Gasteiger partial charge on any atom is 0.327 e. The van der Waals surface area contributed by atoms with Crippen molar-refractivity contribution in [2.75, 3.05) is 5.75 Å². The summed E-state index contributed by atoms with van der Waals surface area (Å²) in [6, 6.07) is 11.1. The molecule has 24 heavy (non-hydrogen) atoms. The molecule has 1 amide bonds. The van der Waals surface area contributed by atoms with E-state index < -0.39 is 23.3 Å². The molecule has 0 aromatic heterocycles. The SMILES string of the molecule is O=C(O)[C@@H]1CS[C@H](c2ccc(F)cc2)N1C(=O)c1ccc(Cl)cc1. The van der Waals surface area contributed by atoms with Crippen LogP contribution in [0.4, 0.5) is 4.39 Å². The van der Waals surface area contributed by atoms with Gasteiger partial charge in [0.25, 0.3) is 5.91 Å². The van der Waals surface area contributed by atoms with Crippen molar-refractivity contribution in [2.24, 2.45) is 0 Å². The van der Waals surface area contributed by atoms with Gasteiger partial charge in [-0.05, 0) is 42.0 Å². The highest BCUT2D eigenvalue weighted by molar-refractivity contribution is 7.99. The molecular formula is C17H13ClFNO3S. The monoisotopic (exact) mass is 365 g/mol. The van der Waals surface area contributed by atoms with E-state index in [4.69, 9.17) is 11.6 Å². The quantitative estimate of drug-likeness (QED) is 0.898. The summed E-state index contributed by atoms with van der Waals surface area (Å²) in [5.41, 5.74) is 1.05. The highest BCUT2D eigenvalue weighted by atomic mass is 35.5. The number of nitrogens with zero attached hydrogens (tertiary/aromatic N) is 1. The first kappa shape index (κ1) is 16.8. The van der Waals surface area contributed by atoms with Crippen molar-refractivity contribution >= 4 is 35.2 Å². The van der Waals surface area contributed by atoms with E-state index in [0.717, 1.165) is 0 Å². The van der Waals surface area contributed by atoms with Gasteiger partial charge < -0.3 is 10.0 Å². The number of thioether (sulfide) groups is 1. The average molecular weight is 366 g/mol. The number of carbonyl (C=O) groups excluding carboxylic acids is 1. The van der Waals surface area contributed by atoms with Crippen LogP contribution in [0.3, 0.4) is 0 Å². The number of rotatable bonds is 3. The molecule has 3 rings (SSSR count). The van der Waals surface area contributed by atoms with Crippen LogP contribution >= 0.6 is 23.4 Å². The molecular weight excluding hydrogens is 353 g/mol. The predicted molar refractivity (Wildman–Crippen MR) is 90.6 cm³/mol. The lowest BCUT2D eigenvalue weighted by Crippen LogP contribution is -2.42. The molecule has 2 atom stereocenters. The van der Waals surface area contributed by atoms with Gasteiger partial charge in [-0.15, -0.1) is 11.8 Å². The normalized spacial score (nSPS) is 20.2. The molecule has 0 saturated carbocycles. The van der Waals surface area contributed by atoms with Gasteiger partial charge in [0.2, 0.25) is 0 Å². The zero-order valence-corrected chi connectivity index (χ0v) is 13.9. The van der Waals surface area contributed by atoms with Crippen LogP contribution < -0.4 is 0 Å². The maximum atomic E-state index is 13.1. The minimum atomic E-state index is -1.06. The Kier molecular flexibility index (Phi) is 4.78. The molecule has 1 saturated heterocycles. The molecule has 7 heteroatoms. The van der Waals surface area contributed by atoms with E-state index in [1.54, 1.807) is 36.4 Å². The lowest BCUT2D eigenvalue weighted by atomic mass is 10.1. The number of amides is 1. The van der Waals surface area contributed by atoms with Crippen LogP contribution in [0.5, 0.6) is 0 Å². The molecule has 1 fully saturated rings. The largest absolute Gasteiger partial charge is 0.480 e. The molecule has 0 radical (unpaired) electrons. The fourth-order valence-corrected chi connectivity index (χ4v) is 4.12. The Labute approximate surface area is 147 Å². The molecule has 0 aliphatic carbocycles. The molecule has 4 nitrogen and oxygen atoms in total.